The Morgan fingerprint density at radius 3 is 2.48 bits per heavy atom. The summed E-state index contributed by atoms with van der Waals surface area (Å²) in [5.74, 6) is -2.05. The lowest BCUT2D eigenvalue weighted by atomic mass is 10.1. The molecule has 31 heavy (non-hydrogen) atoms. The van der Waals surface area contributed by atoms with Crippen LogP contribution in [0.15, 0.2) is 54.7 Å². The highest BCUT2D eigenvalue weighted by Gasteiger charge is 2.22. The van der Waals surface area contributed by atoms with E-state index in [1.54, 1.807) is 24.3 Å². The van der Waals surface area contributed by atoms with Crippen LogP contribution in [0.4, 0.5) is 23.2 Å². The summed E-state index contributed by atoms with van der Waals surface area (Å²) in [6.07, 6.45) is -1.84. The van der Waals surface area contributed by atoms with Gasteiger partial charge in [0.1, 0.15) is 28.6 Å². The number of fused-ring (bicyclic) bond motifs is 1. The zero-order valence-electron chi connectivity index (χ0n) is 15.9. The topological polar surface area (TPSA) is 68.5 Å². The lowest BCUT2D eigenvalue weighted by Crippen LogP contribution is -2.14. The molecular formula is C21H14F4N4O2. The van der Waals surface area contributed by atoms with E-state index in [-0.39, 0.29) is 22.6 Å². The number of nitrogens with zero attached hydrogens (tertiary/aromatic N) is 3. The van der Waals surface area contributed by atoms with Gasteiger partial charge in [-0.2, -0.15) is 5.10 Å². The highest BCUT2D eigenvalue weighted by molar-refractivity contribution is 6.08. The Kier molecular flexibility index (Phi) is 5.28. The summed E-state index contributed by atoms with van der Waals surface area (Å²) in [5.41, 5.74) is -0.325. The molecule has 2 aromatic carbocycles. The molecule has 1 N–H and O–H groups in total. The molecule has 0 saturated carbocycles. The largest absolute Gasteiger partial charge is 0.497 e. The molecule has 0 spiro atoms. The quantitative estimate of drug-likeness (QED) is 0.459. The number of halogens is 4. The van der Waals surface area contributed by atoms with E-state index in [0.717, 1.165) is 22.8 Å². The third kappa shape index (κ3) is 3.91. The van der Waals surface area contributed by atoms with Crippen molar-refractivity contribution in [2.75, 3.05) is 12.4 Å². The van der Waals surface area contributed by atoms with Crippen LogP contribution in [-0.2, 0) is 0 Å². The number of nitrogens with one attached hydrogen (secondary N) is 1. The summed E-state index contributed by atoms with van der Waals surface area (Å²) in [6.45, 7) is 0. The molecule has 0 bridgehead atoms. The average Bonchev–Trinajstić information content (AvgIpc) is 3.19. The minimum absolute atomic E-state index is 0.136. The number of carbonyl (C=O) groups is 1. The van der Waals surface area contributed by atoms with Crippen LogP contribution in [0.25, 0.3) is 16.9 Å². The second-order valence-electron chi connectivity index (χ2n) is 6.47. The number of hydrogen-bond acceptors (Lipinski definition) is 4. The molecule has 4 aromatic rings. The number of hydrogen-bond donors (Lipinski definition) is 1. The Morgan fingerprint density at radius 1 is 1.10 bits per heavy atom. The normalized spacial score (nSPS) is 11.2. The smallest absolute Gasteiger partial charge is 0.280 e. The zero-order valence-corrected chi connectivity index (χ0v) is 15.9. The molecule has 0 radical (unpaired) electrons. The zero-order chi connectivity index (χ0) is 22.1. The minimum Gasteiger partial charge on any atom is -0.497 e. The van der Waals surface area contributed by atoms with Crippen LogP contribution in [0.2, 0.25) is 0 Å². The van der Waals surface area contributed by atoms with Crippen molar-refractivity contribution in [3.63, 3.8) is 0 Å². The minimum atomic E-state index is -2.90. The fourth-order valence-electron chi connectivity index (χ4n) is 2.99. The van der Waals surface area contributed by atoms with Crippen molar-refractivity contribution in [1.29, 1.82) is 0 Å². The van der Waals surface area contributed by atoms with Gasteiger partial charge < -0.3 is 10.1 Å². The summed E-state index contributed by atoms with van der Waals surface area (Å²) >= 11 is 0. The summed E-state index contributed by atoms with van der Waals surface area (Å²) in [4.78, 5) is 17.0. The van der Waals surface area contributed by atoms with Crippen LogP contribution in [-0.4, -0.2) is 27.6 Å². The first-order valence-electron chi connectivity index (χ1n) is 8.95. The lowest BCUT2D eigenvalue weighted by molar-refractivity contribution is 0.102. The van der Waals surface area contributed by atoms with Gasteiger partial charge in [0.2, 0.25) is 0 Å². The van der Waals surface area contributed by atoms with Gasteiger partial charge in [0.15, 0.2) is 5.65 Å². The first-order chi connectivity index (χ1) is 14.9. The molecule has 0 aliphatic heterocycles. The predicted molar refractivity (Wildman–Crippen MR) is 104 cm³/mol. The number of aromatic nitrogens is 3. The third-order valence-corrected chi connectivity index (χ3v) is 4.53. The van der Waals surface area contributed by atoms with E-state index in [9.17, 15) is 22.4 Å². The van der Waals surface area contributed by atoms with Crippen LogP contribution in [0.3, 0.4) is 0 Å². The van der Waals surface area contributed by atoms with E-state index in [0.29, 0.717) is 17.4 Å². The van der Waals surface area contributed by atoms with Crippen molar-refractivity contribution in [1.82, 2.24) is 14.6 Å². The first kappa shape index (κ1) is 20.3. The van der Waals surface area contributed by atoms with Crippen molar-refractivity contribution < 1.29 is 27.1 Å². The molecule has 2 heterocycles. The second kappa shape index (κ2) is 8.05. The SMILES string of the molecule is COc1ccc(-c2cc(C(F)F)n3ncc(C(=O)Nc4ccc(F)cc4F)c3n2)cc1. The first-order valence-corrected chi connectivity index (χ1v) is 8.95. The van der Waals surface area contributed by atoms with Gasteiger partial charge in [0.05, 0.1) is 24.7 Å². The number of amides is 1. The van der Waals surface area contributed by atoms with Gasteiger partial charge in [-0.15, -0.1) is 0 Å². The summed E-state index contributed by atoms with van der Waals surface area (Å²) in [6, 6.07) is 10.4. The Balaban J connectivity index is 1.79. The maximum atomic E-state index is 13.9. The molecule has 4 rings (SSSR count). The van der Waals surface area contributed by atoms with Gasteiger partial charge in [-0.25, -0.2) is 27.1 Å². The number of anilines is 1. The molecule has 1 amide bonds. The molecule has 0 aliphatic rings. The van der Waals surface area contributed by atoms with Gasteiger partial charge in [-0.1, -0.05) is 0 Å². The molecule has 2 aromatic heterocycles. The van der Waals surface area contributed by atoms with Crippen molar-refractivity contribution in [2.24, 2.45) is 0 Å². The lowest BCUT2D eigenvalue weighted by Gasteiger charge is -2.09. The second-order valence-corrected chi connectivity index (χ2v) is 6.47. The molecule has 0 aliphatic carbocycles. The molecule has 0 unspecified atom stereocenters. The molecule has 6 nitrogen and oxygen atoms in total. The van der Waals surface area contributed by atoms with Gasteiger partial charge in [-0.3, -0.25) is 4.79 Å². The molecule has 0 saturated heterocycles. The number of carbonyl (C=O) groups excluding carboxylic acids is 1. The Hall–Kier alpha value is -3.95. The van der Waals surface area contributed by atoms with Crippen molar-refractivity contribution >= 4 is 17.2 Å². The molecule has 158 valence electrons. The van der Waals surface area contributed by atoms with Gasteiger partial charge in [-0.05, 0) is 42.5 Å². The number of alkyl halides is 2. The van der Waals surface area contributed by atoms with Crippen molar-refractivity contribution in [3.8, 4) is 17.0 Å². The average molecular weight is 430 g/mol. The monoisotopic (exact) mass is 430 g/mol. The fourth-order valence-corrected chi connectivity index (χ4v) is 2.99. The number of benzene rings is 2. The highest BCUT2D eigenvalue weighted by atomic mass is 19.3. The van der Waals surface area contributed by atoms with Gasteiger partial charge in [0.25, 0.3) is 12.3 Å². The number of methoxy groups -OCH3 is 1. The van der Waals surface area contributed by atoms with Crippen LogP contribution in [0.1, 0.15) is 22.5 Å². The fraction of sp³-hybridized carbons (Fsp3) is 0.0952. The number of rotatable bonds is 5. The highest BCUT2D eigenvalue weighted by Crippen LogP contribution is 2.28. The van der Waals surface area contributed by atoms with E-state index < -0.39 is 29.7 Å². The summed E-state index contributed by atoms with van der Waals surface area (Å²) < 4.78 is 60.2. The molecule has 0 fully saturated rings. The summed E-state index contributed by atoms with van der Waals surface area (Å²) in [5, 5.41) is 6.12. The van der Waals surface area contributed by atoms with Crippen LogP contribution >= 0.6 is 0 Å². The molecular weight excluding hydrogens is 416 g/mol. The van der Waals surface area contributed by atoms with Crippen LogP contribution in [0.5, 0.6) is 5.75 Å². The van der Waals surface area contributed by atoms with E-state index >= 15 is 0 Å². The maximum absolute atomic E-state index is 13.9. The van der Waals surface area contributed by atoms with Gasteiger partial charge in [0, 0.05) is 11.6 Å². The van der Waals surface area contributed by atoms with E-state index in [4.69, 9.17) is 4.74 Å². The maximum Gasteiger partial charge on any atom is 0.280 e. The Bertz CT molecular complexity index is 1270. The van der Waals surface area contributed by atoms with Crippen molar-refractivity contribution in [2.45, 2.75) is 6.43 Å². The summed E-state index contributed by atoms with van der Waals surface area (Å²) in [7, 11) is 1.50. The van der Waals surface area contributed by atoms with Crippen LogP contribution < -0.4 is 10.1 Å². The van der Waals surface area contributed by atoms with Gasteiger partial charge >= 0.3 is 0 Å². The van der Waals surface area contributed by atoms with Crippen LogP contribution in [0, 0.1) is 11.6 Å². The molecule has 0 atom stereocenters. The van der Waals surface area contributed by atoms with E-state index in [1.807, 2.05) is 0 Å². The Morgan fingerprint density at radius 2 is 1.84 bits per heavy atom. The third-order valence-electron chi connectivity index (χ3n) is 4.53. The molecule has 10 heteroatoms. The van der Waals surface area contributed by atoms with E-state index in [1.165, 1.54) is 13.2 Å². The van der Waals surface area contributed by atoms with Crippen molar-refractivity contribution in [3.05, 3.63) is 77.6 Å². The standard InChI is InChI=1S/C21H14F4N4O2/c1-31-13-5-2-11(3-6-13)17-9-18(19(24)25)29-20(27-17)14(10-26-29)21(30)28-16-7-4-12(22)8-15(16)23/h2-10,19H,1H3,(H,28,30). The Labute approximate surface area is 173 Å². The van der Waals surface area contributed by atoms with E-state index in [2.05, 4.69) is 15.4 Å². The number of ether oxygens (including phenoxy) is 1. The predicted octanol–water partition coefficient (Wildman–Crippen LogP) is 4.87.